The van der Waals surface area contributed by atoms with Gasteiger partial charge in [-0.1, -0.05) is 28.1 Å². The average molecular weight is 281 g/mol. The predicted molar refractivity (Wildman–Crippen MR) is 66.6 cm³/mol. The molecule has 0 unspecified atom stereocenters. The van der Waals surface area contributed by atoms with Crippen molar-refractivity contribution in [1.29, 1.82) is 0 Å². The molecule has 0 bridgehead atoms. The van der Waals surface area contributed by atoms with Gasteiger partial charge >= 0.3 is 0 Å². The van der Waals surface area contributed by atoms with E-state index in [-0.39, 0.29) is 5.78 Å². The Kier molecular flexibility index (Phi) is 3.03. The zero-order chi connectivity index (χ0) is 10.8. The molecule has 3 heteroatoms. The molecule has 0 spiro atoms. The molecule has 0 amide bonds. The van der Waals surface area contributed by atoms with Gasteiger partial charge in [0.25, 0.3) is 0 Å². The summed E-state index contributed by atoms with van der Waals surface area (Å²) in [6.07, 6.45) is 0. The van der Waals surface area contributed by atoms with E-state index >= 15 is 0 Å². The molecule has 2 rings (SSSR count). The highest BCUT2D eigenvalue weighted by Gasteiger charge is 2.12. The van der Waals surface area contributed by atoms with Crippen molar-refractivity contribution in [3.63, 3.8) is 0 Å². The molecule has 2 aromatic rings. The molecule has 0 aliphatic carbocycles. The van der Waals surface area contributed by atoms with Crippen molar-refractivity contribution in [2.75, 3.05) is 0 Å². The molecule has 1 heterocycles. The molecule has 1 nitrogen and oxygen atoms in total. The number of hydrogen-bond acceptors (Lipinski definition) is 2. The number of halogens is 1. The molecule has 0 aliphatic rings. The Morgan fingerprint density at radius 2 is 2.13 bits per heavy atom. The van der Waals surface area contributed by atoms with E-state index in [4.69, 9.17) is 0 Å². The van der Waals surface area contributed by atoms with Gasteiger partial charge in [-0.05, 0) is 36.1 Å². The Morgan fingerprint density at radius 3 is 2.73 bits per heavy atom. The Balaban J connectivity index is 2.41. The molecule has 0 radical (unpaired) electrons. The van der Waals surface area contributed by atoms with Crippen molar-refractivity contribution in [2.45, 2.75) is 6.92 Å². The summed E-state index contributed by atoms with van der Waals surface area (Å²) in [6.45, 7) is 1.96. The van der Waals surface area contributed by atoms with Crippen LogP contribution in [0.25, 0.3) is 0 Å². The summed E-state index contributed by atoms with van der Waals surface area (Å²) in [6, 6.07) is 9.45. The Morgan fingerprint density at radius 1 is 1.33 bits per heavy atom. The van der Waals surface area contributed by atoms with E-state index in [0.717, 1.165) is 20.5 Å². The molecule has 0 atom stereocenters. The fraction of sp³-hybridized carbons (Fsp3) is 0.0833. The average Bonchev–Trinajstić information content (AvgIpc) is 2.63. The van der Waals surface area contributed by atoms with Gasteiger partial charge in [0.2, 0.25) is 5.78 Å². The van der Waals surface area contributed by atoms with Gasteiger partial charge in [-0.25, -0.2) is 0 Å². The number of ketones is 1. The van der Waals surface area contributed by atoms with Gasteiger partial charge in [0.05, 0.1) is 4.88 Å². The molecule has 0 fully saturated rings. The van der Waals surface area contributed by atoms with E-state index < -0.39 is 0 Å². The summed E-state index contributed by atoms with van der Waals surface area (Å²) >= 11 is 4.86. The van der Waals surface area contributed by atoms with E-state index in [1.807, 2.05) is 42.6 Å². The first-order valence-corrected chi connectivity index (χ1v) is 6.20. The van der Waals surface area contributed by atoms with Crippen molar-refractivity contribution in [3.8, 4) is 0 Å². The zero-order valence-corrected chi connectivity index (χ0v) is 10.6. The molecule has 0 saturated heterocycles. The van der Waals surface area contributed by atoms with Crippen LogP contribution in [0, 0.1) is 6.92 Å². The van der Waals surface area contributed by atoms with Crippen molar-refractivity contribution in [1.82, 2.24) is 0 Å². The lowest BCUT2D eigenvalue weighted by Gasteiger charge is -2.00. The highest BCUT2D eigenvalue weighted by Crippen LogP contribution is 2.21. The van der Waals surface area contributed by atoms with E-state index in [9.17, 15) is 4.79 Å². The quantitative estimate of drug-likeness (QED) is 0.759. The van der Waals surface area contributed by atoms with Crippen LogP contribution < -0.4 is 0 Å². The first kappa shape index (κ1) is 10.6. The Labute approximate surface area is 101 Å². The third-order valence-electron chi connectivity index (χ3n) is 2.16. The summed E-state index contributed by atoms with van der Waals surface area (Å²) in [5, 5.41) is 1.94. The lowest BCUT2D eigenvalue weighted by atomic mass is 10.1. The first-order chi connectivity index (χ1) is 7.18. The second kappa shape index (κ2) is 4.29. The van der Waals surface area contributed by atoms with Gasteiger partial charge in [-0.2, -0.15) is 0 Å². The lowest BCUT2D eigenvalue weighted by Crippen LogP contribution is -1.99. The number of hydrogen-bond donors (Lipinski definition) is 0. The van der Waals surface area contributed by atoms with Gasteiger partial charge in [-0.15, -0.1) is 11.3 Å². The van der Waals surface area contributed by atoms with Crippen LogP contribution in [0.5, 0.6) is 0 Å². The molecular weight excluding hydrogens is 272 g/mol. The van der Waals surface area contributed by atoms with Crippen LogP contribution in [0.3, 0.4) is 0 Å². The van der Waals surface area contributed by atoms with Crippen LogP contribution in [0.1, 0.15) is 20.8 Å². The minimum atomic E-state index is 0.101. The standard InChI is InChI=1S/C12H9BrOS/c1-8-5-6-15-12(8)11(14)9-3-2-4-10(13)7-9/h2-7H,1H3. The highest BCUT2D eigenvalue weighted by atomic mass is 79.9. The SMILES string of the molecule is Cc1ccsc1C(=O)c1cccc(Br)c1. The van der Waals surface area contributed by atoms with Crippen LogP contribution in [0.4, 0.5) is 0 Å². The van der Waals surface area contributed by atoms with Crippen LogP contribution in [0.2, 0.25) is 0 Å². The molecule has 1 aromatic carbocycles. The van der Waals surface area contributed by atoms with Gasteiger partial charge in [0, 0.05) is 10.0 Å². The monoisotopic (exact) mass is 280 g/mol. The normalized spacial score (nSPS) is 10.3. The fourth-order valence-electron chi connectivity index (χ4n) is 1.37. The molecular formula is C12H9BrOS. The molecule has 0 N–H and O–H groups in total. The maximum Gasteiger partial charge on any atom is 0.203 e. The van der Waals surface area contributed by atoms with E-state index in [0.29, 0.717) is 0 Å². The smallest absolute Gasteiger partial charge is 0.203 e. The fourth-order valence-corrected chi connectivity index (χ4v) is 2.65. The summed E-state index contributed by atoms with van der Waals surface area (Å²) in [4.78, 5) is 12.9. The first-order valence-electron chi connectivity index (χ1n) is 4.53. The van der Waals surface area contributed by atoms with Crippen LogP contribution in [0.15, 0.2) is 40.2 Å². The van der Waals surface area contributed by atoms with Gasteiger partial charge in [0.1, 0.15) is 0 Å². The molecule has 15 heavy (non-hydrogen) atoms. The van der Waals surface area contributed by atoms with Gasteiger partial charge < -0.3 is 0 Å². The predicted octanol–water partition coefficient (Wildman–Crippen LogP) is 4.05. The largest absolute Gasteiger partial charge is 0.288 e. The van der Waals surface area contributed by atoms with E-state index in [1.165, 1.54) is 11.3 Å². The highest BCUT2D eigenvalue weighted by molar-refractivity contribution is 9.10. The molecule has 0 saturated carbocycles. The Bertz CT molecular complexity index is 502. The number of benzene rings is 1. The summed E-state index contributed by atoms with van der Waals surface area (Å²) < 4.78 is 0.933. The maximum absolute atomic E-state index is 12.1. The van der Waals surface area contributed by atoms with E-state index in [2.05, 4.69) is 15.9 Å². The summed E-state index contributed by atoms with van der Waals surface area (Å²) in [7, 11) is 0. The zero-order valence-electron chi connectivity index (χ0n) is 8.16. The second-order valence-corrected chi connectivity index (χ2v) is 5.10. The minimum Gasteiger partial charge on any atom is -0.288 e. The summed E-state index contributed by atoms with van der Waals surface area (Å²) in [5.41, 5.74) is 1.78. The van der Waals surface area contributed by atoms with Crippen LogP contribution in [-0.4, -0.2) is 5.78 Å². The number of rotatable bonds is 2. The number of carbonyl (C=O) groups excluding carboxylic acids is 1. The van der Waals surface area contributed by atoms with Crippen LogP contribution >= 0.6 is 27.3 Å². The van der Waals surface area contributed by atoms with Gasteiger partial charge in [0.15, 0.2) is 0 Å². The Hall–Kier alpha value is -0.930. The number of aryl methyl sites for hydroxylation is 1. The van der Waals surface area contributed by atoms with Gasteiger partial charge in [-0.3, -0.25) is 4.79 Å². The van der Waals surface area contributed by atoms with Crippen molar-refractivity contribution in [3.05, 3.63) is 56.2 Å². The van der Waals surface area contributed by atoms with Crippen molar-refractivity contribution >= 4 is 33.0 Å². The van der Waals surface area contributed by atoms with Crippen molar-refractivity contribution < 1.29 is 4.79 Å². The minimum absolute atomic E-state index is 0.101. The molecule has 1 aromatic heterocycles. The third kappa shape index (κ3) is 2.19. The second-order valence-electron chi connectivity index (χ2n) is 3.27. The molecule has 0 aliphatic heterocycles. The van der Waals surface area contributed by atoms with Crippen LogP contribution in [-0.2, 0) is 0 Å². The summed E-state index contributed by atoms with van der Waals surface area (Å²) in [5.74, 6) is 0.101. The molecule has 76 valence electrons. The third-order valence-corrected chi connectivity index (χ3v) is 3.66. The number of thiophene rings is 1. The van der Waals surface area contributed by atoms with Crippen molar-refractivity contribution in [2.24, 2.45) is 0 Å². The number of carbonyl (C=O) groups is 1. The maximum atomic E-state index is 12.1. The lowest BCUT2D eigenvalue weighted by molar-refractivity contribution is 0.104. The van der Waals surface area contributed by atoms with E-state index in [1.54, 1.807) is 0 Å². The topological polar surface area (TPSA) is 17.1 Å².